The second kappa shape index (κ2) is 8.48. The van der Waals surface area contributed by atoms with E-state index in [1.807, 2.05) is 0 Å². The number of hydrogen-bond donors (Lipinski definition) is 2. The number of primary amides is 1. The van der Waals surface area contributed by atoms with Gasteiger partial charge in [0.2, 0.25) is 0 Å². The van der Waals surface area contributed by atoms with E-state index in [1.54, 1.807) is 11.4 Å². The SMILES string of the molecule is C=CC(=O)N1CC(C(=O)Nc2cc3c(s2)N(C(=O)C=C)CC(C(N)=O)O3)Oc2sccc21. The first-order chi connectivity index (χ1) is 15.3. The predicted molar refractivity (Wildman–Crippen MR) is 120 cm³/mol. The van der Waals surface area contributed by atoms with Gasteiger partial charge in [-0.25, -0.2) is 0 Å². The summed E-state index contributed by atoms with van der Waals surface area (Å²) in [4.78, 5) is 51.8. The van der Waals surface area contributed by atoms with Crippen molar-refractivity contribution in [1.29, 1.82) is 0 Å². The molecule has 2 aliphatic rings. The van der Waals surface area contributed by atoms with Crippen LogP contribution in [0.3, 0.4) is 0 Å². The van der Waals surface area contributed by atoms with E-state index in [1.165, 1.54) is 33.3 Å². The van der Waals surface area contributed by atoms with E-state index in [9.17, 15) is 19.2 Å². The summed E-state index contributed by atoms with van der Waals surface area (Å²) in [6, 6.07) is 3.24. The number of anilines is 3. The summed E-state index contributed by atoms with van der Waals surface area (Å²) in [5.41, 5.74) is 5.93. The minimum atomic E-state index is -1.03. The third-order valence-corrected chi connectivity index (χ3v) is 6.62. The van der Waals surface area contributed by atoms with Gasteiger partial charge in [0, 0.05) is 6.07 Å². The number of nitrogens with zero attached hydrogens (tertiary/aromatic N) is 2. The summed E-state index contributed by atoms with van der Waals surface area (Å²) in [6.45, 7) is 6.91. The third kappa shape index (κ3) is 3.85. The molecule has 2 aromatic rings. The molecule has 2 aliphatic heterocycles. The van der Waals surface area contributed by atoms with Crippen LogP contribution < -0.4 is 30.3 Å². The molecular weight excluding hydrogens is 456 g/mol. The van der Waals surface area contributed by atoms with E-state index in [0.717, 1.165) is 17.4 Å². The summed E-state index contributed by atoms with van der Waals surface area (Å²) in [6.07, 6.45) is 0.300. The van der Waals surface area contributed by atoms with Crippen LogP contribution in [0.1, 0.15) is 0 Å². The molecule has 2 aromatic heterocycles. The Bertz CT molecular complexity index is 1140. The van der Waals surface area contributed by atoms with Crippen molar-refractivity contribution in [3.63, 3.8) is 0 Å². The average molecular weight is 475 g/mol. The largest absolute Gasteiger partial charge is 0.476 e. The first-order valence-electron chi connectivity index (χ1n) is 9.35. The third-order valence-electron chi connectivity index (χ3n) is 4.78. The lowest BCUT2D eigenvalue weighted by Gasteiger charge is -2.31. The molecule has 166 valence electrons. The predicted octanol–water partition coefficient (Wildman–Crippen LogP) is 1.49. The molecule has 0 bridgehead atoms. The highest BCUT2D eigenvalue weighted by Gasteiger charge is 2.36. The van der Waals surface area contributed by atoms with Crippen LogP contribution in [0.5, 0.6) is 10.8 Å². The molecule has 32 heavy (non-hydrogen) atoms. The zero-order chi connectivity index (χ0) is 23.0. The number of carbonyl (C=O) groups is 4. The summed E-state index contributed by atoms with van der Waals surface area (Å²) in [7, 11) is 0. The number of nitrogens with two attached hydrogens (primary N) is 1. The van der Waals surface area contributed by atoms with Crippen LogP contribution in [-0.4, -0.2) is 48.9 Å². The summed E-state index contributed by atoms with van der Waals surface area (Å²) in [5, 5.41) is 5.72. The highest BCUT2D eigenvalue weighted by atomic mass is 32.1. The molecule has 0 saturated carbocycles. The average Bonchev–Trinajstić information content (AvgIpc) is 3.42. The van der Waals surface area contributed by atoms with E-state index in [4.69, 9.17) is 15.2 Å². The Labute approximate surface area is 190 Å². The monoisotopic (exact) mass is 474 g/mol. The van der Waals surface area contributed by atoms with Gasteiger partial charge in [-0.3, -0.25) is 24.1 Å². The number of hydrogen-bond acceptors (Lipinski definition) is 8. The fraction of sp³-hybridized carbons (Fsp3) is 0.200. The van der Waals surface area contributed by atoms with Crippen molar-refractivity contribution in [1.82, 2.24) is 0 Å². The molecule has 4 amide bonds. The molecule has 3 N–H and O–H groups in total. The Kier molecular flexibility index (Phi) is 5.72. The Morgan fingerprint density at radius 3 is 2.47 bits per heavy atom. The van der Waals surface area contributed by atoms with Crippen molar-refractivity contribution in [2.75, 3.05) is 28.2 Å². The molecular formula is C20H18N4O6S2. The van der Waals surface area contributed by atoms with Gasteiger partial charge >= 0.3 is 0 Å². The number of rotatable bonds is 5. The first-order valence-corrected chi connectivity index (χ1v) is 11.0. The van der Waals surface area contributed by atoms with Crippen molar-refractivity contribution < 1.29 is 28.7 Å². The van der Waals surface area contributed by atoms with Crippen molar-refractivity contribution in [2.45, 2.75) is 12.2 Å². The normalized spacial score (nSPS) is 19.0. The van der Waals surface area contributed by atoms with Crippen LogP contribution in [0.2, 0.25) is 0 Å². The number of amides is 4. The number of fused-ring (bicyclic) bond motifs is 2. The molecule has 0 spiro atoms. The minimum absolute atomic E-state index is 0.00678. The molecule has 10 nitrogen and oxygen atoms in total. The van der Waals surface area contributed by atoms with Gasteiger partial charge in [-0.1, -0.05) is 24.5 Å². The summed E-state index contributed by atoms with van der Waals surface area (Å²) >= 11 is 2.36. The molecule has 4 rings (SSSR count). The molecule has 0 aromatic carbocycles. The zero-order valence-corrected chi connectivity index (χ0v) is 18.2. The van der Waals surface area contributed by atoms with Crippen molar-refractivity contribution in [2.24, 2.45) is 5.73 Å². The molecule has 0 fully saturated rings. The van der Waals surface area contributed by atoms with Gasteiger partial charge in [0.15, 0.2) is 23.0 Å². The van der Waals surface area contributed by atoms with E-state index >= 15 is 0 Å². The maximum atomic E-state index is 12.9. The van der Waals surface area contributed by atoms with E-state index in [0.29, 0.717) is 20.8 Å². The zero-order valence-electron chi connectivity index (χ0n) is 16.6. The van der Waals surface area contributed by atoms with Gasteiger partial charge < -0.3 is 25.4 Å². The smallest absolute Gasteiger partial charge is 0.267 e. The van der Waals surface area contributed by atoms with Gasteiger partial charge in [-0.05, 0) is 23.6 Å². The van der Waals surface area contributed by atoms with Crippen LogP contribution in [0.25, 0.3) is 0 Å². The standard InChI is InChI=1S/C20H18N4O6S2/c1-3-15(25)23-9-13(30-20-10(23)5-6-31-20)18(28)22-14-7-11-19(32-14)24(16(26)4-2)8-12(29-11)17(21)27/h3-7,12-13H,1-2,8-9H2,(H2,21,27)(H,22,28). The highest BCUT2D eigenvalue weighted by Crippen LogP contribution is 2.45. The second-order valence-electron chi connectivity index (χ2n) is 6.78. The van der Waals surface area contributed by atoms with Gasteiger partial charge in [-0.15, -0.1) is 11.3 Å². The van der Waals surface area contributed by atoms with Gasteiger partial charge in [0.1, 0.15) is 10.0 Å². The lowest BCUT2D eigenvalue weighted by molar-refractivity contribution is -0.125. The maximum absolute atomic E-state index is 12.9. The molecule has 0 saturated heterocycles. The highest BCUT2D eigenvalue weighted by molar-refractivity contribution is 7.20. The van der Waals surface area contributed by atoms with E-state index in [2.05, 4.69) is 18.5 Å². The van der Waals surface area contributed by atoms with Gasteiger partial charge in [0.05, 0.1) is 18.8 Å². The van der Waals surface area contributed by atoms with Crippen LogP contribution in [0.15, 0.2) is 42.8 Å². The lowest BCUT2D eigenvalue weighted by atomic mass is 10.2. The lowest BCUT2D eigenvalue weighted by Crippen LogP contribution is -2.48. The van der Waals surface area contributed by atoms with Crippen molar-refractivity contribution >= 4 is 62.0 Å². The van der Waals surface area contributed by atoms with Crippen LogP contribution in [-0.2, 0) is 19.2 Å². The summed E-state index contributed by atoms with van der Waals surface area (Å²) < 4.78 is 11.4. The Hall–Kier alpha value is -3.64. The molecule has 2 unspecified atom stereocenters. The second-order valence-corrected chi connectivity index (χ2v) is 8.69. The number of thiophene rings is 2. The number of nitrogens with one attached hydrogen (secondary N) is 1. The number of ether oxygens (including phenoxy) is 2. The van der Waals surface area contributed by atoms with E-state index in [-0.39, 0.29) is 24.7 Å². The van der Waals surface area contributed by atoms with E-state index < -0.39 is 29.9 Å². The molecule has 12 heteroatoms. The molecule has 2 atom stereocenters. The molecule has 4 heterocycles. The van der Waals surface area contributed by atoms with Crippen molar-refractivity contribution in [3.05, 3.63) is 42.8 Å². The summed E-state index contributed by atoms with van der Waals surface area (Å²) in [5.74, 6) is -1.74. The van der Waals surface area contributed by atoms with Crippen molar-refractivity contribution in [3.8, 4) is 10.8 Å². The molecule has 0 aliphatic carbocycles. The van der Waals surface area contributed by atoms with Crippen LogP contribution >= 0.6 is 22.7 Å². The Balaban J connectivity index is 1.55. The number of carbonyl (C=O) groups excluding carboxylic acids is 4. The van der Waals surface area contributed by atoms with Gasteiger partial charge in [0.25, 0.3) is 23.6 Å². The fourth-order valence-corrected chi connectivity index (χ4v) is 5.05. The van der Waals surface area contributed by atoms with Crippen LogP contribution in [0, 0.1) is 0 Å². The topological polar surface area (TPSA) is 131 Å². The fourth-order valence-electron chi connectivity index (χ4n) is 3.25. The Morgan fingerprint density at radius 1 is 1.09 bits per heavy atom. The van der Waals surface area contributed by atoms with Crippen LogP contribution in [0.4, 0.5) is 15.7 Å². The van der Waals surface area contributed by atoms with Gasteiger partial charge in [-0.2, -0.15) is 0 Å². The maximum Gasteiger partial charge on any atom is 0.267 e. The quantitative estimate of drug-likeness (QED) is 0.632. The Morgan fingerprint density at radius 2 is 1.78 bits per heavy atom. The minimum Gasteiger partial charge on any atom is -0.476 e. The molecule has 0 radical (unpaired) electrons. The first kappa shape index (κ1) is 21.6.